The van der Waals surface area contributed by atoms with Gasteiger partial charge in [0.25, 0.3) is 0 Å². The molecule has 1 radical (unpaired) electrons. The molecule has 0 aliphatic heterocycles. The van der Waals surface area contributed by atoms with E-state index in [1.807, 2.05) is 0 Å². The van der Waals surface area contributed by atoms with E-state index in [9.17, 15) is 0 Å². The molecule has 0 spiro atoms. The number of rotatable bonds is 0. The van der Waals surface area contributed by atoms with E-state index < -0.39 is 0 Å². The summed E-state index contributed by atoms with van der Waals surface area (Å²) in [5.41, 5.74) is 0. The summed E-state index contributed by atoms with van der Waals surface area (Å²) < 4.78 is 2.64. The maximum absolute atomic E-state index is 8.73. The van der Waals surface area contributed by atoms with E-state index in [0.717, 1.165) is 9.46 Å². The quantitative estimate of drug-likeness (QED) is 0.578. The van der Waals surface area contributed by atoms with Gasteiger partial charge in [-0.15, -0.1) is 0 Å². The molecule has 0 bridgehead atoms. The summed E-state index contributed by atoms with van der Waals surface area (Å²) in [6.45, 7) is 0. The molecule has 0 atom stereocenters. The van der Waals surface area contributed by atoms with Gasteiger partial charge in [0.15, 0.2) is 0 Å². The summed E-state index contributed by atoms with van der Waals surface area (Å²) in [6, 6.07) is 10.3. The molecule has 2 rings (SSSR count). The van der Waals surface area contributed by atoms with Crippen LogP contribution in [0.5, 0.6) is 0 Å². The fourth-order valence-corrected chi connectivity index (χ4v) is 1.12. The molecule has 93 valence electrons. The summed E-state index contributed by atoms with van der Waals surface area (Å²) in [6.07, 6.45) is 2.98. The number of hydrogen-bond donors (Lipinski definition) is 2. The maximum Gasteiger partial charge on any atom is 4.00 e. The molecule has 0 aromatic carbocycles. The fourth-order valence-electron chi connectivity index (χ4n) is 0.838. The minimum atomic E-state index is 0. The second-order valence-electron chi connectivity index (χ2n) is 2.77. The van der Waals surface area contributed by atoms with Gasteiger partial charge >= 0.3 is 18.6 Å². The Bertz CT molecular complexity index is 520. The molecule has 18 heavy (non-hydrogen) atoms. The normalized spacial score (nSPS) is 8.00. The molecular formula is C10H10N2O3S2V+2. The van der Waals surface area contributed by atoms with Crippen LogP contribution in [-0.4, -0.2) is 19.9 Å². The van der Waals surface area contributed by atoms with E-state index in [-0.39, 0.29) is 24.0 Å². The molecular weight excluding hydrogens is 311 g/mol. The monoisotopic (exact) mass is 321 g/mol. The van der Waals surface area contributed by atoms with Crippen molar-refractivity contribution in [3.8, 4) is 0 Å². The van der Waals surface area contributed by atoms with Crippen molar-refractivity contribution in [2.45, 2.75) is 0 Å². The van der Waals surface area contributed by atoms with Crippen molar-refractivity contribution >= 4 is 24.4 Å². The topological polar surface area (TPSA) is 78.8 Å². The van der Waals surface area contributed by atoms with Crippen LogP contribution in [0.15, 0.2) is 48.8 Å². The first-order valence-corrected chi connectivity index (χ1v) is 5.17. The van der Waals surface area contributed by atoms with Gasteiger partial charge in [-0.3, -0.25) is 0 Å². The first kappa shape index (κ1) is 19.2. The van der Waals surface area contributed by atoms with Gasteiger partial charge in [-0.05, 0) is 24.3 Å². The SMILES string of the molecule is On1ccccc1=S.On1ccccc1=S.[O-2].[V+4]. The van der Waals surface area contributed by atoms with E-state index in [4.69, 9.17) is 10.4 Å². The van der Waals surface area contributed by atoms with Crippen molar-refractivity contribution < 1.29 is 34.4 Å². The van der Waals surface area contributed by atoms with Crippen LogP contribution in [0.2, 0.25) is 0 Å². The van der Waals surface area contributed by atoms with E-state index in [0.29, 0.717) is 9.28 Å². The summed E-state index contributed by atoms with van der Waals surface area (Å²) in [7, 11) is 0. The third-order valence-corrected chi connectivity index (χ3v) is 2.25. The van der Waals surface area contributed by atoms with E-state index in [2.05, 4.69) is 24.4 Å². The largest absolute Gasteiger partial charge is 4.00 e. The predicted octanol–water partition coefficient (Wildman–Crippen LogP) is 2.79. The Kier molecular flexibility index (Phi) is 10.5. The van der Waals surface area contributed by atoms with Crippen LogP contribution in [0.1, 0.15) is 0 Å². The number of pyridine rings is 2. The average Bonchev–Trinajstić information content (AvgIpc) is 2.28. The van der Waals surface area contributed by atoms with Crippen molar-refractivity contribution in [2.75, 3.05) is 0 Å². The van der Waals surface area contributed by atoms with Gasteiger partial charge in [0.05, 0.1) is 0 Å². The van der Waals surface area contributed by atoms with Crippen molar-refractivity contribution in [2.24, 2.45) is 0 Å². The van der Waals surface area contributed by atoms with Gasteiger partial charge < -0.3 is 15.9 Å². The van der Waals surface area contributed by atoms with E-state index in [1.165, 1.54) is 12.4 Å². The summed E-state index contributed by atoms with van der Waals surface area (Å²) in [5.74, 6) is 0. The van der Waals surface area contributed by atoms with Crippen LogP contribution in [0, 0.1) is 9.28 Å². The Labute approximate surface area is 126 Å². The second kappa shape index (κ2) is 9.87. The van der Waals surface area contributed by atoms with Gasteiger partial charge in [0.1, 0.15) is 9.28 Å². The van der Waals surface area contributed by atoms with Gasteiger partial charge in [0.2, 0.25) is 0 Å². The summed E-state index contributed by atoms with van der Waals surface area (Å²) in [4.78, 5) is 0. The van der Waals surface area contributed by atoms with Gasteiger partial charge in [-0.2, -0.15) is 9.46 Å². The first-order valence-electron chi connectivity index (χ1n) is 4.35. The predicted molar refractivity (Wildman–Crippen MR) is 65.6 cm³/mol. The summed E-state index contributed by atoms with van der Waals surface area (Å²) >= 11 is 9.33. The molecule has 0 saturated heterocycles. The van der Waals surface area contributed by atoms with E-state index >= 15 is 0 Å². The molecule has 2 N–H and O–H groups in total. The van der Waals surface area contributed by atoms with Crippen LogP contribution in [-0.2, 0) is 24.0 Å². The number of hydrogen-bond acceptors (Lipinski definition) is 4. The van der Waals surface area contributed by atoms with Gasteiger partial charge in [0, 0.05) is 12.4 Å². The minimum Gasteiger partial charge on any atom is -2.00 e. The zero-order valence-corrected chi connectivity index (χ0v) is 12.1. The zero-order valence-electron chi connectivity index (χ0n) is 9.08. The Morgan fingerprint density at radius 3 is 1.28 bits per heavy atom. The fraction of sp³-hybridized carbons (Fsp3) is 0. The maximum atomic E-state index is 8.73. The molecule has 0 saturated carbocycles. The minimum absolute atomic E-state index is 0. The molecule has 5 nitrogen and oxygen atoms in total. The van der Waals surface area contributed by atoms with Crippen molar-refractivity contribution in [3.05, 3.63) is 58.1 Å². The molecule has 0 aliphatic rings. The van der Waals surface area contributed by atoms with Crippen molar-refractivity contribution in [3.63, 3.8) is 0 Å². The summed E-state index contributed by atoms with van der Waals surface area (Å²) in [5, 5.41) is 17.5. The van der Waals surface area contributed by atoms with Crippen LogP contribution in [0.4, 0.5) is 0 Å². The molecule has 0 aliphatic carbocycles. The second-order valence-corrected chi connectivity index (χ2v) is 3.60. The Balaban J connectivity index is 0. The molecule has 0 amide bonds. The Morgan fingerprint density at radius 2 is 1.11 bits per heavy atom. The molecule has 0 fully saturated rings. The molecule has 2 aromatic heterocycles. The third-order valence-electron chi connectivity index (χ3n) is 1.61. The smallest absolute Gasteiger partial charge is 2.00 e. The van der Waals surface area contributed by atoms with Crippen LogP contribution < -0.4 is 0 Å². The van der Waals surface area contributed by atoms with Crippen molar-refractivity contribution in [1.29, 1.82) is 0 Å². The van der Waals surface area contributed by atoms with Gasteiger partial charge in [-0.1, -0.05) is 36.6 Å². The molecule has 2 heterocycles. The zero-order chi connectivity index (χ0) is 12.0. The number of aromatic nitrogens is 2. The van der Waals surface area contributed by atoms with Crippen LogP contribution >= 0.6 is 24.4 Å². The first-order chi connectivity index (χ1) is 7.61. The third kappa shape index (κ3) is 6.58. The van der Waals surface area contributed by atoms with Crippen LogP contribution in [0.3, 0.4) is 0 Å². The standard InChI is InChI=1S/2C5H5NOS.O.V/c2*7-6-4-2-1-3-5(6)8;;/h2*1-4,7H;;/q;;-2;+4. The van der Waals surface area contributed by atoms with E-state index in [1.54, 1.807) is 36.4 Å². The van der Waals surface area contributed by atoms with Crippen LogP contribution in [0.25, 0.3) is 0 Å². The van der Waals surface area contributed by atoms with Crippen molar-refractivity contribution in [1.82, 2.24) is 9.46 Å². The molecule has 8 heteroatoms. The molecule has 2 aromatic rings. The number of nitrogens with zero attached hydrogens (tertiary/aromatic N) is 2. The molecule has 0 unspecified atom stereocenters. The van der Waals surface area contributed by atoms with Gasteiger partial charge in [-0.25, -0.2) is 0 Å². The Morgan fingerprint density at radius 1 is 0.778 bits per heavy atom. The average molecular weight is 321 g/mol. The Hall–Kier alpha value is -1.12.